The Kier molecular flexibility index (Phi) is 3.85. The Labute approximate surface area is 114 Å². The van der Waals surface area contributed by atoms with E-state index in [0.29, 0.717) is 0 Å². The average molecular weight is 259 g/mol. The Morgan fingerprint density at radius 1 is 1.21 bits per heavy atom. The van der Waals surface area contributed by atoms with Gasteiger partial charge >= 0.3 is 0 Å². The van der Waals surface area contributed by atoms with Gasteiger partial charge in [-0.15, -0.1) is 0 Å². The molecule has 0 bridgehead atoms. The van der Waals surface area contributed by atoms with Gasteiger partial charge in [-0.05, 0) is 42.5 Å². The highest BCUT2D eigenvalue weighted by molar-refractivity contribution is 5.69. The minimum absolute atomic E-state index is 0.113. The number of hydrogen-bond donors (Lipinski definition) is 1. The largest absolute Gasteiger partial charge is 0.393 e. The van der Waals surface area contributed by atoms with E-state index >= 15 is 0 Å². The van der Waals surface area contributed by atoms with E-state index in [2.05, 4.69) is 35.2 Å². The smallest absolute Gasteiger partial charge is 0.0653 e. The van der Waals surface area contributed by atoms with Gasteiger partial charge in [-0.3, -0.25) is 0 Å². The first-order chi connectivity index (χ1) is 9.33. The van der Waals surface area contributed by atoms with Gasteiger partial charge in [0.15, 0.2) is 0 Å². The van der Waals surface area contributed by atoms with Crippen LogP contribution in [-0.4, -0.2) is 37.5 Å². The summed E-state index contributed by atoms with van der Waals surface area (Å²) in [6.07, 6.45) is 4.82. The molecule has 2 aliphatic heterocycles. The van der Waals surface area contributed by atoms with Gasteiger partial charge in [0, 0.05) is 18.8 Å². The number of rotatable bonds is 2. The molecule has 0 unspecified atom stereocenters. The summed E-state index contributed by atoms with van der Waals surface area (Å²) in [6.45, 7) is 3.46. The van der Waals surface area contributed by atoms with Crippen LogP contribution in [0.15, 0.2) is 30.3 Å². The van der Waals surface area contributed by atoms with Crippen molar-refractivity contribution in [3.63, 3.8) is 0 Å². The van der Waals surface area contributed by atoms with E-state index in [4.69, 9.17) is 4.74 Å². The van der Waals surface area contributed by atoms with Crippen LogP contribution in [0.5, 0.6) is 0 Å². The summed E-state index contributed by atoms with van der Waals surface area (Å²) in [6, 6.07) is 8.75. The number of hydrogen-bond acceptors (Lipinski definition) is 3. The third-order valence-corrected chi connectivity index (χ3v) is 4.01. The number of anilines is 1. The lowest BCUT2D eigenvalue weighted by Gasteiger charge is -2.31. The Balaban J connectivity index is 1.78. The van der Waals surface area contributed by atoms with Gasteiger partial charge < -0.3 is 14.7 Å². The monoisotopic (exact) mass is 259 g/mol. The minimum Gasteiger partial charge on any atom is -0.393 e. The maximum absolute atomic E-state index is 9.58. The van der Waals surface area contributed by atoms with Crippen molar-refractivity contribution in [1.82, 2.24) is 0 Å². The molecule has 3 nitrogen and oxygen atoms in total. The fourth-order valence-corrected chi connectivity index (χ4v) is 2.82. The highest BCUT2D eigenvalue weighted by atomic mass is 16.5. The molecular weight excluding hydrogens is 238 g/mol. The first-order valence-electron chi connectivity index (χ1n) is 7.13. The summed E-state index contributed by atoms with van der Waals surface area (Å²) in [5.41, 5.74) is 3.98. The van der Waals surface area contributed by atoms with Gasteiger partial charge in [-0.1, -0.05) is 18.2 Å². The molecule has 2 aliphatic rings. The molecule has 0 amide bonds. The molecule has 2 heterocycles. The van der Waals surface area contributed by atoms with Crippen LogP contribution in [0.1, 0.15) is 24.8 Å². The SMILES string of the molecule is OC1CCN(c2cccc(C3=CCOCC3)c2)CC1. The van der Waals surface area contributed by atoms with Crippen molar-refractivity contribution in [1.29, 1.82) is 0 Å². The molecule has 0 aliphatic carbocycles. The van der Waals surface area contributed by atoms with Crippen molar-refractivity contribution < 1.29 is 9.84 Å². The minimum atomic E-state index is -0.113. The number of aliphatic hydroxyl groups excluding tert-OH is 1. The van der Waals surface area contributed by atoms with Crippen LogP contribution in [0.25, 0.3) is 5.57 Å². The highest BCUT2D eigenvalue weighted by Crippen LogP contribution is 2.27. The lowest BCUT2D eigenvalue weighted by molar-refractivity contribution is 0.145. The van der Waals surface area contributed by atoms with Gasteiger partial charge in [0.2, 0.25) is 0 Å². The van der Waals surface area contributed by atoms with Crippen LogP contribution in [0.4, 0.5) is 5.69 Å². The van der Waals surface area contributed by atoms with E-state index in [0.717, 1.165) is 45.6 Å². The van der Waals surface area contributed by atoms with Crippen molar-refractivity contribution in [2.75, 3.05) is 31.2 Å². The summed E-state index contributed by atoms with van der Waals surface area (Å²) in [4.78, 5) is 2.37. The summed E-state index contributed by atoms with van der Waals surface area (Å²) in [5, 5.41) is 9.58. The maximum Gasteiger partial charge on any atom is 0.0653 e. The average Bonchev–Trinajstić information content (AvgIpc) is 2.49. The molecule has 1 saturated heterocycles. The Bertz CT molecular complexity index is 462. The second-order valence-corrected chi connectivity index (χ2v) is 5.32. The lowest BCUT2D eigenvalue weighted by Crippen LogP contribution is -2.35. The molecule has 3 rings (SSSR count). The number of nitrogens with zero attached hydrogens (tertiary/aromatic N) is 1. The third kappa shape index (κ3) is 2.99. The van der Waals surface area contributed by atoms with E-state index in [9.17, 15) is 5.11 Å². The second-order valence-electron chi connectivity index (χ2n) is 5.32. The molecule has 1 aromatic rings. The molecular formula is C16H21NO2. The van der Waals surface area contributed by atoms with Gasteiger partial charge in [-0.25, -0.2) is 0 Å². The number of benzene rings is 1. The normalized spacial score (nSPS) is 21.3. The Morgan fingerprint density at radius 2 is 2.05 bits per heavy atom. The third-order valence-electron chi connectivity index (χ3n) is 4.01. The zero-order valence-corrected chi connectivity index (χ0v) is 11.2. The van der Waals surface area contributed by atoms with Gasteiger partial charge in [0.25, 0.3) is 0 Å². The second kappa shape index (κ2) is 5.76. The quantitative estimate of drug-likeness (QED) is 0.885. The van der Waals surface area contributed by atoms with E-state index in [-0.39, 0.29) is 6.10 Å². The molecule has 19 heavy (non-hydrogen) atoms. The predicted octanol–water partition coefficient (Wildman–Crippen LogP) is 2.45. The summed E-state index contributed by atoms with van der Waals surface area (Å²) in [5.74, 6) is 0. The van der Waals surface area contributed by atoms with E-state index in [1.54, 1.807) is 0 Å². The maximum atomic E-state index is 9.58. The number of ether oxygens (including phenoxy) is 1. The van der Waals surface area contributed by atoms with E-state index in [1.807, 2.05) is 0 Å². The van der Waals surface area contributed by atoms with Crippen molar-refractivity contribution >= 4 is 11.3 Å². The molecule has 0 spiro atoms. The first-order valence-corrected chi connectivity index (χ1v) is 7.13. The molecule has 0 saturated carbocycles. The van der Waals surface area contributed by atoms with Crippen LogP contribution in [-0.2, 0) is 4.74 Å². The van der Waals surface area contributed by atoms with Crippen LogP contribution >= 0.6 is 0 Å². The van der Waals surface area contributed by atoms with Crippen molar-refractivity contribution in [2.24, 2.45) is 0 Å². The van der Waals surface area contributed by atoms with E-state index < -0.39 is 0 Å². The van der Waals surface area contributed by atoms with Crippen molar-refractivity contribution in [2.45, 2.75) is 25.4 Å². The van der Waals surface area contributed by atoms with Crippen LogP contribution < -0.4 is 4.90 Å². The lowest BCUT2D eigenvalue weighted by atomic mass is 10.00. The van der Waals surface area contributed by atoms with Crippen molar-refractivity contribution in [3.8, 4) is 0 Å². The van der Waals surface area contributed by atoms with Crippen LogP contribution in [0, 0.1) is 0 Å². The molecule has 1 aromatic carbocycles. The van der Waals surface area contributed by atoms with Gasteiger partial charge in [0.1, 0.15) is 0 Å². The summed E-state index contributed by atoms with van der Waals surface area (Å²) in [7, 11) is 0. The van der Waals surface area contributed by atoms with Crippen molar-refractivity contribution in [3.05, 3.63) is 35.9 Å². The van der Waals surface area contributed by atoms with Crippen LogP contribution in [0.2, 0.25) is 0 Å². The topological polar surface area (TPSA) is 32.7 Å². The Morgan fingerprint density at radius 3 is 2.79 bits per heavy atom. The fourth-order valence-electron chi connectivity index (χ4n) is 2.82. The predicted molar refractivity (Wildman–Crippen MR) is 77.3 cm³/mol. The number of aliphatic hydroxyl groups is 1. The molecule has 0 radical (unpaired) electrons. The van der Waals surface area contributed by atoms with Gasteiger partial charge in [0.05, 0.1) is 19.3 Å². The molecule has 1 fully saturated rings. The molecule has 0 atom stereocenters. The van der Waals surface area contributed by atoms with Crippen LogP contribution in [0.3, 0.4) is 0 Å². The first kappa shape index (κ1) is 12.7. The molecule has 3 heteroatoms. The highest BCUT2D eigenvalue weighted by Gasteiger charge is 2.17. The van der Waals surface area contributed by atoms with E-state index in [1.165, 1.54) is 16.8 Å². The van der Waals surface area contributed by atoms with Gasteiger partial charge in [-0.2, -0.15) is 0 Å². The fraction of sp³-hybridized carbons (Fsp3) is 0.500. The zero-order valence-electron chi connectivity index (χ0n) is 11.2. The summed E-state index contributed by atoms with van der Waals surface area (Å²) < 4.78 is 5.36. The zero-order chi connectivity index (χ0) is 13.1. The molecule has 1 N–H and O–H groups in total. The Hall–Kier alpha value is -1.32. The summed E-state index contributed by atoms with van der Waals surface area (Å²) >= 11 is 0. The molecule has 102 valence electrons. The standard InChI is InChI=1S/C16H21NO2/c18-16-4-8-17(9-5-16)15-3-1-2-14(12-15)13-6-10-19-11-7-13/h1-3,6,12,16,18H,4-5,7-11H2. The number of piperidine rings is 1. The molecule has 0 aromatic heterocycles.